The molecule has 0 amide bonds. The fourth-order valence-electron chi connectivity index (χ4n) is 3.75. The van der Waals surface area contributed by atoms with Crippen LogP contribution in [0.3, 0.4) is 0 Å². The Bertz CT molecular complexity index is 738. The Labute approximate surface area is 151 Å². The molecule has 1 N–H and O–H groups in total. The van der Waals surface area contributed by atoms with E-state index in [4.69, 9.17) is 23.7 Å². The van der Waals surface area contributed by atoms with Crippen molar-refractivity contribution in [2.45, 2.75) is 43.3 Å². The highest BCUT2D eigenvalue weighted by Gasteiger charge is 2.58. The van der Waals surface area contributed by atoms with E-state index >= 15 is 0 Å². The van der Waals surface area contributed by atoms with Crippen LogP contribution in [0.1, 0.15) is 23.7 Å². The summed E-state index contributed by atoms with van der Waals surface area (Å²) < 4.78 is 30.1. The molecular weight excluding hydrogens is 336 g/mol. The number of aliphatic hydroxyl groups excluding tert-OH is 1. The van der Waals surface area contributed by atoms with Crippen molar-refractivity contribution in [2.24, 2.45) is 0 Å². The van der Waals surface area contributed by atoms with Crippen LogP contribution in [0.25, 0.3) is 0 Å². The van der Waals surface area contributed by atoms with Crippen molar-refractivity contribution >= 4 is 0 Å². The van der Waals surface area contributed by atoms with Crippen LogP contribution in [0.2, 0.25) is 0 Å². The van der Waals surface area contributed by atoms with Gasteiger partial charge in [0.05, 0.1) is 6.61 Å². The average Bonchev–Trinajstić information content (AvgIpc) is 3.27. The Hall–Kier alpha value is -1.80. The first-order valence-electron chi connectivity index (χ1n) is 8.81. The third kappa shape index (κ3) is 2.75. The van der Waals surface area contributed by atoms with Crippen molar-refractivity contribution < 1.29 is 28.8 Å². The summed E-state index contributed by atoms with van der Waals surface area (Å²) in [6.07, 6.45) is -3.25. The van der Waals surface area contributed by atoms with Crippen LogP contribution in [-0.4, -0.2) is 42.4 Å². The fourth-order valence-corrected chi connectivity index (χ4v) is 3.75. The topological polar surface area (TPSA) is 66.4 Å². The molecule has 2 aromatic rings. The lowest BCUT2D eigenvalue weighted by Crippen LogP contribution is -2.50. The van der Waals surface area contributed by atoms with Crippen LogP contribution in [0.15, 0.2) is 60.7 Å². The summed E-state index contributed by atoms with van der Waals surface area (Å²) in [4.78, 5) is 0. The Morgan fingerprint density at radius 1 is 0.615 bits per heavy atom. The Morgan fingerprint density at radius 3 is 1.81 bits per heavy atom. The number of aliphatic hydroxyl groups is 1. The molecule has 26 heavy (non-hydrogen) atoms. The number of fused-ring (bicyclic) bond motifs is 3. The predicted molar refractivity (Wildman–Crippen MR) is 89.8 cm³/mol. The third-order valence-electron chi connectivity index (χ3n) is 5.01. The maximum Gasteiger partial charge on any atom is 0.190 e. The summed E-state index contributed by atoms with van der Waals surface area (Å²) in [6.45, 7) is -0.157. The number of ether oxygens (including phenoxy) is 5. The van der Waals surface area contributed by atoms with Crippen molar-refractivity contribution in [3.63, 3.8) is 0 Å². The molecule has 3 saturated heterocycles. The molecule has 5 rings (SSSR count). The van der Waals surface area contributed by atoms with Gasteiger partial charge in [-0.05, 0) is 0 Å². The third-order valence-corrected chi connectivity index (χ3v) is 5.01. The average molecular weight is 356 g/mol. The zero-order chi connectivity index (χ0) is 17.5. The van der Waals surface area contributed by atoms with Crippen LogP contribution in [0.5, 0.6) is 0 Å². The Morgan fingerprint density at radius 2 is 1.19 bits per heavy atom. The molecule has 0 bridgehead atoms. The highest BCUT2D eigenvalue weighted by atomic mass is 16.8. The van der Waals surface area contributed by atoms with Gasteiger partial charge in [0.1, 0.15) is 24.4 Å². The lowest BCUT2D eigenvalue weighted by atomic mass is 10.0. The maximum absolute atomic E-state index is 9.75. The minimum absolute atomic E-state index is 0.157. The monoisotopic (exact) mass is 356 g/mol. The van der Waals surface area contributed by atoms with E-state index in [1.165, 1.54) is 0 Å². The zero-order valence-electron chi connectivity index (χ0n) is 14.0. The first kappa shape index (κ1) is 16.4. The van der Waals surface area contributed by atoms with Crippen molar-refractivity contribution in [1.29, 1.82) is 0 Å². The molecule has 3 aliphatic heterocycles. The first-order chi connectivity index (χ1) is 12.8. The van der Waals surface area contributed by atoms with Gasteiger partial charge >= 0.3 is 0 Å². The minimum Gasteiger partial charge on any atom is -0.394 e. The lowest BCUT2D eigenvalue weighted by Gasteiger charge is -2.38. The molecule has 6 heteroatoms. The van der Waals surface area contributed by atoms with Gasteiger partial charge in [-0.15, -0.1) is 0 Å². The van der Waals surface area contributed by atoms with E-state index < -0.39 is 31.1 Å². The van der Waals surface area contributed by atoms with Gasteiger partial charge in [-0.1, -0.05) is 60.7 Å². The van der Waals surface area contributed by atoms with Crippen LogP contribution >= 0.6 is 0 Å². The number of hydrogen-bond acceptors (Lipinski definition) is 6. The van der Waals surface area contributed by atoms with E-state index in [2.05, 4.69) is 0 Å². The van der Waals surface area contributed by atoms with Crippen LogP contribution in [0, 0.1) is 0 Å². The quantitative estimate of drug-likeness (QED) is 0.910. The smallest absolute Gasteiger partial charge is 0.190 e. The first-order valence-corrected chi connectivity index (χ1v) is 8.81. The summed E-state index contributed by atoms with van der Waals surface area (Å²) in [5.74, 6) is 0. The van der Waals surface area contributed by atoms with Gasteiger partial charge in [0, 0.05) is 11.1 Å². The molecule has 0 aromatic heterocycles. The lowest BCUT2D eigenvalue weighted by molar-refractivity contribution is -0.305. The van der Waals surface area contributed by atoms with Gasteiger partial charge in [0.25, 0.3) is 0 Å². The van der Waals surface area contributed by atoms with Crippen molar-refractivity contribution in [3.05, 3.63) is 71.8 Å². The molecule has 2 aromatic carbocycles. The second kappa shape index (κ2) is 6.74. The highest BCUT2D eigenvalue weighted by Crippen LogP contribution is 2.45. The van der Waals surface area contributed by atoms with Crippen LogP contribution in [-0.2, 0) is 23.7 Å². The minimum atomic E-state index is -0.573. The highest BCUT2D eigenvalue weighted by molar-refractivity contribution is 5.19. The molecule has 6 nitrogen and oxygen atoms in total. The summed E-state index contributed by atoms with van der Waals surface area (Å²) in [5, 5.41) is 9.75. The maximum atomic E-state index is 9.75. The molecule has 0 saturated carbocycles. The predicted octanol–water partition coefficient (Wildman–Crippen LogP) is 2.30. The summed E-state index contributed by atoms with van der Waals surface area (Å²) in [7, 11) is 0. The van der Waals surface area contributed by atoms with Crippen molar-refractivity contribution in [3.8, 4) is 0 Å². The van der Waals surface area contributed by atoms with E-state index in [0.29, 0.717) is 0 Å². The van der Waals surface area contributed by atoms with E-state index in [1.54, 1.807) is 0 Å². The normalized spacial score (nSPS) is 38.7. The Balaban J connectivity index is 1.37. The van der Waals surface area contributed by atoms with Gasteiger partial charge in [-0.2, -0.15) is 0 Å². The van der Waals surface area contributed by atoms with Crippen molar-refractivity contribution in [1.82, 2.24) is 0 Å². The van der Waals surface area contributed by atoms with E-state index in [9.17, 15) is 5.11 Å². The molecule has 7 atom stereocenters. The van der Waals surface area contributed by atoms with Gasteiger partial charge in [-0.3, -0.25) is 0 Å². The second-order valence-corrected chi connectivity index (χ2v) is 6.65. The molecule has 0 radical (unpaired) electrons. The molecule has 3 fully saturated rings. The number of hydrogen-bond donors (Lipinski definition) is 1. The largest absolute Gasteiger partial charge is 0.394 e. The van der Waals surface area contributed by atoms with Gasteiger partial charge < -0.3 is 28.8 Å². The van der Waals surface area contributed by atoms with Gasteiger partial charge in [-0.25, -0.2) is 0 Å². The SMILES string of the molecule is OC[C@H]1OC(c2ccccc2)O[C@@H]2[C@H]3OC(c4ccccc4)O[C@H]3O[C@@H]21. The number of rotatable bonds is 3. The molecule has 136 valence electrons. The second-order valence-electron chi connectivity index (χ2n) is 6.65. The van der Waals surface area contributed by atoms with E-state index in [-0.39, 0.29) is 18.8 Å². The van der Waals surface area contributed by atoms with E-state index in [1.807, 2.05) is 60.7 Å². The van der Waals surface area contributed by atoms with Gasteiger partial charge in [0.2, 0.25) is 0 Å². The molecule has 0 spiro atoms. The molecule has 3 aliphatic rings. The number of benzene rings is 2. The molecule has 3 heterocycles. The van der Waals surface area contributed by atoms with E-state index in [0.717, 1.165) is 11.1 Å². The molecule has 0 aliphatic carbocycles. The van der Waals surface area contributed by atoms with Crippen LogP contribution in [0.4, 0.5) is 0 Å². The molecular formula is C20H20O6. The fraction of sp³-hybridized carbons (Fsp3) is 0.400. The zero-order valence-corrected chi connectivity index (χ0v) is 14.0. The summed E-state index contributed by atoms with van der Waals surface area (Å²) >= 11 is 0. The van der Waals surface area contributed by atoms with Crippen molar-refractivity contribution in [2.75, 3.05) is 6.61 Å². The summed E-state index contributed by atoms with van der Waals surface area (Å²) in [5.41, 5.74) is 1.83. The molecule has 2 unspecified atom stereocenters. The van der Waals surface area contributed by atoms with Crippen LogP contribution < -0.4 is 0 Å². The standard InChI is InChI=1S/C20H20O6/c21-11-14-15-16(24-18(22-14)12-7-3-1-4-8-12)17-20(23-15)26-19(25-17)13-9-5-2-6-10-13/h1-10,14-21H,11H2/t14-,15-,16+,17-,18?,19?,20-/m1/s1. The summed E-state index contributed by atoms with van der Waals surface area (Å²) in [6, 6.07) is 19.4. The van der Waals surface area contributed by atoms with Gasteiger partial charge in [0.15, 0.2) is 18.9 Å². The Kier molecular flexibility index (Phi) is 4.24.